The van der Waals surface area contributed by atoms with Crippen molar-refractivity contribution in [3.63, 3.8) is 0 Å². The first-order valence-corrected chi connectivity index (χ1v) is 6.37. The molecule has 1 aliphatic rings. The molecule has 1 heterocycles. The Morgan fingerprint density at radius 1 is 1.56 bits per heavy atom. The summed E-state index contributed by atoms with van der Waals surface area (Å²) in [6.45, 7) is 2.21. The number of aryl methyl sites for hydroxylation is 1. The Balaban J connectivity index is 2.04. The SMILES string of the molecule is CCCCC=N[C@H]1CCCc2cccnc21. The van der Waals surface area contributed by atoms with Crippen LogP contribution in [-0.2, 0) is 6.42 Å². The number of hydrogen-bond acceptors (Lipinski definition) is 2. The molecule has 0 fully saturated rings. The van der Waals surface area contributed by atoms with Gasteiger partial charge >= 0.3 is 0 Å². The van der Waals surface area contributed by atoms with Crippen molar-refractivity contribution in [1.29, 1.82) is 0 Å². The third-order valence-electron chi connectivity index (χ3n) is 3.14. The van der Waals surface area contributed by atoms with Crippen molar-refractivity contribution >= 4 is 6.21 Å². The van der Waals surface area contributed by atoms with Crippen molar-refractivity contribution < 1.29 is 0 Å². The van der Waals surface area contributed by atoms with Gasteiger partial charge < -0.3 is 0 Å². The summed E-state index contributed by atoms with van der Waals surface area (Å²) in [7, 11) is 0. The van der Waals surface area contributed by atoms with Gasteiger partial charge in [-0.1, -0.05) is 19.4 Å². The molecule has 2 heteroatoms. The van der Waals surface area contributed by atoms with E-state index in [2.05, 4.69) is 29.2 Å². The van der Waals surface area contributed by atoms with Crippen LogP contribution in [-0.4, -0.2) is 11.2 Å². The Morgan fingerprint density at radius 2 is 2.50 bits per heavy atom. The average molecular weight is 216 g/mol. The van der Waals surface area contributed by atoms with Crippen LogP contribution in [0.25, 0.3) is 0 Å². The lowest BCUT2D eigenvalue weighted by molar-refractivity contribution is 0.556. The van der Waals surface area contributed by atoms with Gasteiger partial charge in [0.2, 0.25) is 0 Å². The standard InChI is InChI=1S/C14H20N2/c1-2-3-4-10-15-13-9-5-7-12-8-6-11-16-14(12)13/h6,8,10-11,13H,2-5,7,9H2,1H3/t13-/m0/s1. The smallest absolute Gasteiger partial charge is 0.0918 e. The first kappa shape index (κ1) is 11.3. The van der Waals surface area contributed by atoms with Crippen molar-refractivity contribution in [2.45, 2.75) is 51.5 Å². The zero-order valence-corrected chi connectivity index (χ0v) is 10.0. The summed E-state index contributed by atoms with van der Waals surface area (Å²) in [6, 6.07) is 4.54. The fourth-order valence-electron chi connectivity index (χ4n) is 2.23. The average Bonchev–Trinajstić information content (AvgIpc) is 2.35. The van der Waals surface area contributed by atoms with E-state index in [1.165, 1.54) is 36.9 Å². The van der Waals surface area contributed by atoms with Gasteiger partial charge in [0.15, 0.2) is 0 Å². The number of nitrogens with zero attached hydrogens (tertiary/aromatic N) is 2. The van der Waals surface area contributed by atoms with Gasteiger partial charge in [0.05, 0.1) is 11.7 Å². The van der Waals surface area contributed by atoms with E-state index >= 15 is 0 Å². The molecule has 1 aromatic rings. The number of hydrogen-bond donors (Lipinski definition) is 0. The summed E-state index contributed by atoms with van der Waals surface area (Å²) in [5.74, 6) is 0. The normalized spacial score (nSPS) is 19.9. The van der Waals surface area contributed by atoms with Gasteiger partial charge in [-0.15, -0.1) is 0 Å². The van der Waals surface area contributed by atoms with Crippen LogP contribution < -0.4 is 0 Å². The van der Waals surface area contributed by atoms with E-state index in [1.807, 2.05) is 12.3 Å². The van der Waals surface area contributed by atoms with E-state index in [4.69, 9.17) is 0 Å². The molecule has 16 heavy (non-hydrogen) atoms. The molecule has 0 aliphatic heterocycles. The van der Waals surface area contributed by atoms with Gasteiger partial charge in [-0.3, -0.25) is 9.98 Å². The van der Waals surface area contributed by atoms with E-state index in [0.29, 0.717) is 6.04 Å². The lowest BCUT2D eigenvalue weighted by Crippen LogP contribution is -2.10. The molecule has 1 aromatic heterocycles. The van der Waals surface area contributed by atoms with Crippen LogP contribution in [0.4, 0.5) is 0 Å². The van der Waals surface area contributed by atoms with E-state index in [-0.39, 0.29) is 0 Å². The Morgan fingerprint density at radius 3 is 3.38 bits per heavy atom. The summed E-state index contributed by atoms with van der Waals surface area (Å²) in [6.07, 6.45) is 11.1. The highest BCUT2D eigenvalue weighted by molar-refractivity contribution is 5.57. The molecule has 0 unspecified atom stereocenters. The molecule has 0 spiro atoms. The topological polar surface area (TPSA) is 25.2 Å². The van der Waals surface area contributed by atoms with Crippen LogP contribution in [0.15, 0.2) is 23.3 Å². The summed E-state index contributed by atoms with van der Waals surface area (Å²) in [5.41, 5.74) is 2.60. The molecule has 0 saturated carbocycles. The number of rotatable bonds is 4. The van der Waals surface area contributed by atoms with Crippen LogP contribution in [0.2, 0.25) is 0 Å². The minimum atomic E-state index is 0.321. The predicted octanol–water partition coefficient (Wildman–Crippen LogP) is 3.72. The molecule has 2 nitrogen and oxygen atoms in total. The maximum absolute atomic E-state index is 4.67. The summed E-state index contributed by atoms with van der Waals surface area (Å²) in [4.78, 5) is 9.16. The van der Waals surface area contributed by atoms with E-state index in [9.17, 15) is 0 Å². The summed E-state index contributed by atoms with van der Waals surface area (Å²) < 4.78 is 0. The van der Waals surface area contributed by atoms with Gasteiger partial charge in [0, 0.05) is 6.20 Å². The van der Waals surface area contributed by atoms with E-state index in [0.717, 1.165) is 12.8 Å². The third-order valence-corrected chi connectivity index (χ3v) is 3.14. The molecule has 0 aromatic carbocycles. The van der Waals surface area contributed by atoms with Crippen LogP contribution in [0.1, 0.15) is 56.3 Å². The molecule has 1 aliphatic carbocycles. The van der Waals surface area contributed by atoms with Crippen molar-refractivity contribution in [3.05, 3.63) is 29.6 Å². The Bertz CT molecular complexity index is 358. The van der Waals surface area contributed by atoms with Gasteiger partial charge in [0.25, 0.3) is 0 Å². The zero-order chi connectivity index (χ0) is 11.2. The highest BCUT2D eigenvalue weighted by Gasteiger charge is 2.19. The van der Waals surface area contributed by atoms with E-state index in [1.54, 1.807) is 0 Å². The zero-order valence-electron chi connectivity index (χ0n) is 10.0. The predicted molar refractivity (Wildman–Crippen MR) is 67.9 cm³/mol. The highest BCUT2D eigenvalue weighted by atomic mass is 14.8. The molecule has 0 bridgehead atoms. The number of pyridine rings is 1. The Kier molecular flexibility index (Phi) is 4.09. The van der Waals surface area contributed by atoms with Gasteiger partial charge in [0.1, 0.15) is 0 Å². The molecule has 86 valence electrons. The minimum absolute atomic E-state index is 0.321. The molecular formula is C14H20N2. The molecule has 0 amide bonds. The second kappa shape index (κ2) is 5.78. The van der Waals surface area contributed by atoms with Gasteiger partial charge in [-0.2, -0.15) is 0 Å². The van der Waals surface area contributed by atoms with Crippen LogP contribution in [0, 0.1) is 0 Å². The highest BCUT2D eigenvalue weighted by Crippen LogP contribution is 2.30. The monoisotopic (exact) mass is 216 g/mol. The second-order valence-corrected chi connectivity index (χ2v) is 4.43. The maximum atomic E-state index is 4.67. The van der Waals surface area contributed by atoms with Crippen molar-refractivity contribution in [2.24, 2.45) is 4.99 Å². The Labute approximate surface area is 97.8 Å². The van der Waals surface area contributed by atoms with Crippen LogP contribution >= 0.6 is 0 Å². The molecule has 0 radical (unpaired) electrons. The summed E-state index contributed by atoms with van der Waals surface area (Å²) >= 11 is 0. The van der Waals surface area contributed by atoms with Crippen LogP contribution in [0.5, 0.6) is 0 Å². The van der Waals surface area contributed by atoms with Crippen molar-refractivity contribution in [1.82, 2.24) is 4.98 Å². The largest absolute Gasteiger partial charge is 0.288 e. The second-order valence-electron chi connectivity index (χ2n) is 4.43. The molecule has 2 rings (SSSR count). The molecular weight excluding hydrogens is 196 g/mol. The fourth-order valence-corrected chi connectivity index (χ4v) is 2.23. The number of unbranched alkanes of at least 4 members (excludes halogenated alkanes) is 2. The number of fused-ring (bicyclic) bond motifs is 1. The lowest BCUT2D eigenvalue weighted by atomic mass is 9.92. The van der Waals surface area contributed by atoms with Gasteiger partial charge in [-0.25, -0.2) is 0 Å². The van der Waals surface area contributed by atoms with E-state index < -0.39 is 0 Å². The fraction of sp³-hybridized carbons (Fsp3) is 0.571. The minimum Gasteiger partial charge on any atom is -0.288 e. The van der Waals surface area contributed by atoms with Crippen molar-refractivity contribution in [2.75, 3.05) is 0 Å². The van der Waals surface area contributed by atoms with Gasteiger partial charge in [-0.05, 0) is 49.9 Å². The quantitative estimate of drug-likeness (QED) is 0.556. The lowest BCUT2D eigenvalue weighted by Gasteiger charge is -2.20. The summed E-state index contributed by atoms with van der Waals surface area (Å²) in [5, 5.41) is 0. The Hall–Kier alpha value is -1.18. The number of aromatic nitrogens is 1. The van der Waals surface area contributed by atoms with Crippen molar-refractivity contribution in [3.8, 4) is 0 Å². The number of aliphatic imine (C=N–C) groups is 1. The molecule has 1 atom stereocenters. The third kappa shape index (κ3) is 2.69. The first-order valence-electron chi connectivity index (χ1n) is 6.37. The first-order chi connectivity index (χ1) is 7.92. The molecule has 0 saturated heterocycles. The molecule has 0 N–H and O–H groups in total. The maximum Gasteiger partial charge on any atom is 0.0918 e. The van der Waals surface area contributed by atoms with Crippen LogP contribution in [0.3, 0.4) is 0 Å².